The number of hydrogen-bond donors (Lipinski definition) is 1. The molecule has 0 bridgehead atoms. The van der Waals surface area contributed by atoms with Crippen molar-refractivity contribution in [3.05, 3.63) is 78.4 Å². The number of anilines is 1. The van der Waals surface area contributed by atoms with E-state index in [-0.39, 0.29) is 36.5 Å². The quantitative estimate of drug-likeness (QED) is 0.694. The molecular formula is C23H19N5O3. The topological polar surface area (TPSA) is 95.5 Å². The van der Waals surface area contributed by atoms with Crippen LogP contribution in [0.5, 0.6) is 0 Å². The Morgan fingerprint density at radius 1 is 1.00 bits per heavy atom. The van der Waals surface area contributed by atoms with Crippen LogP contribution in [0.15, 0.2) is 67.1 Å². The number of carbonyl (C=O) groups is 3. The molecule has 154 valence electrons. The van der Waals surface area contributed by atoms with Crippen LogP contribution < -0.4 is 5.32 Å². The van der Waals surface area contributed by atoms with Crippen molar-refractivity contribution in [2.24, 2.45) is 0 Å². The zero-order valence-electron chi connectivity index (χ0n) is 16.6. The number of nitrogens with zero attached hydrogens (tertiary/aromatic N) is 4. The maximum atomic E-state index is 13.4. The number of nitrogens with one attached hydrogen (secondary N) is 1. The Balaban J connectivity index is 1.43. The molecule has 1 fully saturated rings. The van der Waals surface area contributed by atoms with Crippen LogP contribution in [0.3, 0.4) is 0 Å². The molecule has 31 heavy (non-hydrogen) atoms. The fourth-order valence-corrected chi connectivity index (χ4v) is 4.02. The normalized spacial score (nSPS) is 18.0. The molecule has 0 saturated carbocycles. The maximum Gasteiger partial charge on any atom is 0.274 e. The first kappa shape index (κ1) is 18.9. The highest BCUT2D eigenvalue weighted by molar-refractivity contribution is 6.11. The predicted molar refractivity (Wildman–Crippen MR) is 113 cm³/mol. The second-order valence-corrected chi connectivity index (χ2v) is 7.47. The van der Waals surface area contributed by atoms with E-state index in [1.54, 1.807) is 15.9 Å². The fraction of sp³-hybridized carbons (Fsp3) is 0.174. The highest BCUT2D eigenvalue weighted by Gasteiger charge is 2.40. The lowest BCUT2D eigenvalue weighted by Gasteiger charge is -2.39. The average molecular weight is 413 g/mol. The van der Waals surface area contributed by atoms with Crippen LogP contribution in [-0.4, -0.2) is 63.2 Å². The summed E-state index contributed by atoms with van der Waals surface area (Å²) in [6, 6.07) is 14.4. The van der Waals surface area contributed by atoms with Gasteiger partial charge in [-0.05, 0) is 23.3 Å². The van der Waals surface area contributed by atoms with Gasteiger partial charge in [0.05, 0.1) is 24.0 Å². The van der Waals surface area contributed by atoms with E-state index in [1.165, 1.54) is 18.6 Å². The number of amides is 3. The summed E-state index contributed by atoms with van der Waals surface area (Å²) in [6.07, 6.45) is 4.34. The second-order valence-electron chi connectivity index (χ2n) is 7.47. The molecule has 0 spiro atoms. The van der Waals surface area contributed by atoms with Gasteiger partial charge in [-0.25, -0.2) is 4.98 Å². The van der Waals surface area contributed by atoms with Crippen LogP contribution in [0.4, 0.5) is 5.69 Å². The minimum atomic E-state index is -0.769. The number of benzene rings is 2. The summed E-state index contributed by atoms with van der Waals surface area (Å²) in [5.41, 5.74) is 3.04. The van der Waals surface area contributed by atoms with Crippen LogP contribution in [0.2, 0.25) is 0 Å². The van der Waals surface area contributed by atoms with Gasteiger partial charge >= 0.3 is 0 Å². The van der Waals surface area contributed by atoms with Crippen molar-refractivity contribution < 1.29 is 14.4 Å². The standard InChI is InChI=1S/C23H19N5O3/c29-21-20-14-27(23(31)19-13-24-8-9-25-19)10-11-28(20)22(30)17-12-16(6-7-18(17)26-21)15-4-2-1-3-5-15/h1-9,12-13,20H,10-11,14H2,(H,26,29). The lowest BCUT2D eigenvalue weighted by molar-refractivity contribution is -0.121. The molecule has 1 N–H and O–H groups in total. The Kier molecular flexibility index (Phi) is 4.66. The van der Waals surface area contributed by atoms with Gasteiger partial charge in [0.25, 0.3) is 11.8 Å². The minimum Gasteiger partial charge on any atom is -0.333 e. The molecule has 8 heteroatoms. The molecule has 2 aromatic carbocycles. The van der Waals surface area contributed by atoms with E-state index in [0.717, 1.165) is 11.1 Å². The third-order valence-corrected chi connectivity index (χ3v) is 5.63. The number of rotatable bonds is 2. The first-order valence-corrected chi connectivity index (χ1v) is 9.98. The van der Waals surface area contributed by atoms with Crippen LogP contribution in [0.25, 0.3) is 11.1 Å². The van der Waals surface area contributed by atoms with Gasteiger partial charge in [-0.3, -0.25) is 19.4 Å². The van der Waals surface area contributed by atoms with Gasteiger partial charge in [-0.1, -0.05) is 36.4 Å². The van der Waals surface area contributed by atoms with E-state index in [9.17, 15) is 14.4 Å². The van der Waals surface area contributed by atoms with Gasteiger partial charge in [-0.2, -0.15) is 0 Å². The molecular weight excluding hydrogens is 394 g/mol. The molecule has 3 amide bonds. The Labute approximate surface area is 178 Å². The molecule has 3 heterocycles. The van der Waals surface area contributed by atoms with Crippen molar-refractivity contribution >= 4 is 23.4 Å². The molecule has 3 aromatic rings. The van der Waals surface area contributed by atoms with E-state index in [0.29, 0.717) is 17.8 Å². The van der Waals surface area contributed by atoms with Crippen molar-refractivity contribution in [1.82, 2.24) is 19.8 Å². The van der Waals surface area contributed by atoms with Gasteiger partial charge in [0, 0.05) is 25.5 Å². The van der Waals surface area contributed by atoms with Crippen LogP contribution in [-0.2, 0) is 4.79 Å². The summed E-state index contributed by atoms with van der Waals surface area (Å²) in [6.45, 7) is 0.684. The second kappa shape index (κ2) is 7.64. The van der Waals surface area contributed by atoms with Crippen LogP contribution in [0.1, 0.15) is 20.8 Å². The highest BCUT2D eigenvalue weighted by atomic mass is 16.2. The van der Waals surface area contributed by atoms with Gasteiger partial charge in [0.15, 0.2) is 0 Å². The van der Waals surface area contributed by atoms with E-state index in [4.69, 9.17) is 0 Å². The van der Waals surface area contributed by atoms with Crippen molar-refractivity contribution in [1.29, 1.82) is 0 Å². The van der Waals surface area contributed by atoms with Gasteiger partial charge in [0.1, 0.15) is 11.7 Å². The van der Waals surface area contributed by atoms with E-state index >= 15 is 0 Å². The summed E-state index contributed by atoms with van der Waals surface area (Å²) in [5.74, 6) is -0.833. The summed E-state index contributed by atoms with van der Waals surface area (Å²) in [4.78, 5) is 50.1. The van der Waals surface area contributed by atoms with Gasteiger partial charge < -0.3 is 15.1 Å². The molecule has 1 atom stereocenters. The minimum absolute atomic E-state index is 0.104. The Hall–Kier alpha value is -4.07. The average Bonchev–Trinajstić information content (AvgIpc) is 2.93. The molecule has 0 radical (unpaired) electrons. The smallest absolute Gasteiger partial charge is 0.274 e. The number of fused-ring (bicyclic) bond motifs is 2. The summed E-state index contributed by atoms with van der Waals surface area (Å²) < 4.78 is 0. The van der Waals surface area contributed by atoms with E-state index in [1.807, 2.05) is 42.5 Å². The van der Waals surface area contributed by atoms with Gasteiger partial charge in [-0.15, -0.1) is 0 Å². The van der Waals surface area contributed by atoms with Crippen molar-refractivity contribution in [3.63, 3.8) is 0 Å². The fourth-order valence-electron chi connectivity index (χ4n) is 4.02. The van der Waals surface area contributed by atoms with Crippen molar-refractivity contribution in [2.75, 3.05) is 25.0 Å². The molecule has 0 aliphatic carbocycles. The molecule has 1 unspecified atom stereocenters. The number of aromatic nitrogens is 2. The molecule has 2 aliphatic heterocycles. The number of piperazine rings is 1. The molecule has 1 saturated heterocycles. The molecule has 1 aromatic heterocycles. The Morgan fingerprint density at radius 2 is 1.84 bits per heavy atom. The zero-order valence-corrected chi connectivity index (χ0v) is 16.6. The van der Waals surface area contributed by atoms with E-state index in [2.05, 4.69) is 15.3 Å². The monoisotopic (exact) mass is 413 g/mol. The third kappa shape index (κ3) is 3.42. The summed E-state index contributed by atoms with van der Waals surface area (Å²) in [7, 11) is 0. The molecule has 5 rings (SSSR count). The highest BCUT2D eigenvalue weighted by Crippen LogP contribution is 2.30. The SMILES string of the molecule is O=C1Nc2ccc(-c3ccccc3)cc2C(=O)N2CCN(C(=O)c3cnccn3)CC12. The lowest BCUT2D eigenvalue weighted by atomic mass is 10.0. The Bertz CT molecular complexity index is 1170. The zero-order chi connectivity index (χ0) is 21.4. The molecule has 2 aliphatic rings. The van der Waals surface area contributed by atoms with Gasteiger partial charge in [0.2, 0.25) is 5.91 Å². The maximum absolute atomic E-state index is 13.4. The van der Waals surface area contributed by atoms with E-state index < -0.39 is 6.04 Å². The lowest BCUT2D eigenvalue weighted by Crippen LogP contribution is -2.59. The number of carbonyl (C=O) groups excluding carboxylic acids is 3. The number of hydrogen-bond acceptors (Lipinski definition) is 5. The predicted octanol–water partition coefficient (Wildman–Crippen LogP) is 2.06. The van der Waals surface area contributed by atoms with Crippen LogP contribution in [0, 0.1) is 0 Å². The van der Waals surface area contributed by atoms with Crippen LogP contribution >= 0.6 is 0 Å². The third-order valence-electron chi connectivity index (χ3n) is 5.63. The first-order valence-electron chi connectivity index (χ1n) is 9.98. The largest absolute Gasteiger partial charge is 0.333 e. The summed E-state index contributed by atoms with van der Waals surface area (Å²) in [5, 5.41) is 2.86. The first-order chi connectivity index (χ1) is 15.1. The molecule has 8 nitrogen and oxygen atoms in total. The van der Waals surface area contributed by atoms with Crippen molar-refractivity contribution in [3.8, 4) is 11.1 Å². The van der Waals surface area contributed by atoms with Crippen molar-refractivity contribution in [2.45, 2.75) is 6.04 Å². The Morgan fingerprint density at radius 3 is 2.61 bits per heavy atom. The summed E-state index contributed by atoms with van der Waals surface area (Å²) >= 11 is 0.